The fourth-order valence-corrected chi connectivity index (χ4v) is 3.46. The van der Waals surface area contributed by atoms with Crippen molar-refractivity contribution in [3.8, 4) is 5.75 Å². The molecule has 1 amide bonds. The number of nitrogens with zero attached hydrogens (tertiary/aromatic N) is 2. The maximum Gasteiger partial charge on any atom is 0.438 e. The molecule has 0 aliphatic heterocycles. The topological polar surface area (TPSA) is 73.2 Å². The molecule has 0 radical (unpaired) electrons. The molecule has 0 saturated heterocycles. The number of ether oxygens (including phenoxy) is 1. The second-order valence-corrected chi connectivity index (χ2v) is 7.39. The van der Waals surface area contributed by atoms with Crippen molar-refractivity contribution in [2.45, 2.75) is 25.7 Å². The highest BCUT2D eigenvalue weighted by atomic mass is 79.9. The van der Waals surface area contributed by atoms with E-state index in [4.69, 9.17) is 4.74 Å². The molecule has 0 spiro atoms. The molecule has 10 heteroatoms. The maximum absolute atomic E-state index is 13.3. The van der Waals surface area contributed by atoms with Crippen LogP contribution in [0.3, 0.4) is 0 Å². The second-order valence-electron chi connectivity index (χ2n) is 6.47. The number of nitrogens with one attached hydrogen (secondary N) is 1. The van der Waals surface area contributed by atoms with Gasteiger partial charge in [-0.15, -0.1) is 0 Å². The molecule has 6 nitrogen and oxygen atoms in total. The van der Waals surface area contributed by atoms with Crippen molar-refractivity contribution in [3.05, 3.63) is 68.5 Å². The molecule has 1 heterocycles. The van der Waals surface area contributed by atoms with E-state index in [2.05, 4.69) is 26.2 Å². The Bertz CT molecular complexity index is 1160. The summed E-state index contributed by atoms with van der Waals surface area (Å²) in [6.07, 6.45) is -4.94. The summed E-state index contributed by atoms with van der Waals surface area (Å²) < 4.78 is 46.8. The lowest BCUT2D eigenvalue weighted by Gasteiger charge is -2.19. The molecule has 1 aromatic heterocycles. The van der Waals surface area contributed by atoms with Crippen molar-refractivity contribution in [2.75, 3.05) is 7.11 Å². The Morgan fingerprint density at radius 1 is 1.27 bits per heavy atom. The number of methoxy groups -OCH3 is 1. The third-order valence-electron chi connectivity index (χ3n) is 4.53. The van der Waals surface area contributed by atoms with Crippen LogP contribution in [0.5, 0.6) is 5.75 Å². The Morgan fingerprint density at radius 2 is 1.97 bits per heavy atom. The lowest BCUT2D eigenvalue weighted by atomic mass is 10.2. The molecule has 1 unspecified atom stereocenters. The minimum atomic E-state index is -4.94. The van der Waals surface area contributed by atoms with Gasteiger partial charge < -0.3 is 10.1 Å². The number of halogens is 4. The van der Waals surface area contributed by atoms with Gasteiger partial charge in [0.25, 0.3) is 5.56 Å². The van der Waals surface area contributed by atoms with Crippen molar-refractivity contribution in [1.29, 1.82) is 0 Å². The number of benzene rings is 2. The van der Waals surface area contributed by atoms with Crippen molar-refractivity contribution in [2.24, 2.45) is 0 Å². The number of hydrogen-bond acceptors (Lipinski definition) is 4. The predicted octanol–water partition coefficient (Wildman–Crippen LogP) is 4.06. The molecular formula is C20H17BrF3N3O3. The minimum Gasteiger partial charge on any atom is -0.496 e. The average molecular weight is 484 g/mol. The van der Waals surface area contributed by atoms with Crippen LogP contribution in [0.4, 0.5) is 13.2 Å². The Balaban J connectivity index is 1.97. The normalized spacial score (nSPS) is 12.6. The van der Waals surface area contributed by atoms with E-state index in [0.29, 0.717) is 11.3 Å². The molecule has 3 aromatic rings. The standard InChI is InChI=1S/C20H17BrF3N3O3/c1-11(18(28)25-10-12-9-13(21)7-8-16(12)30-2)27-15-6-4-3-5-14(15)26-17(19(27)29)20(22,23)24/h3-9,11H,10H2,1-2H3,(H,25,28). The first-order valence-electron chi connectivity index (χ1n) is 8.82. The van der Waals surface area contributed by atoms with Gasteiger partial charge in [0.1, 0.15) is 11.8 Å². The number of carbonyl (C=O) groups excluding carboxylic acids is 1. The van der Waals surface area contributed by atoms with Crippen molar-refractivity contribution >= 4 is 32.9 Å². The predicted molar refractivity (Wildman–Crippen MR) is 108 cm³/mol. The van der Waals surface area contributed by atoms with E-state index in [9.17, 15) is 22.8 Å². The SMILES string of the molecule is COc1ccc(Br)cc1CNC(=O)C(C)n1c(=O)c(C(F)(F)F)nc2ccccc21. The zero-order chi connectivity index (χ0) is 22.1. The van der Waals surface area contributed by atoms with E-state index in [1.807, 2.05) is 0 Å². The minimum absolute atomic E-state index is 0.0299. The van der Waals surface area contributed by atoms with Crippen molar-refractivity contribution in [3.63, 3.8) is 0 Å². The highest BCUT2D eigenvalue weighted by molar-refractivity contribution is 9.10. The Morgan fingerprint density at radius 3 is 2.63 bits per heavy atom. The van der Waals surface area contributed by atoms with Gasteiger partial charge in [-0.1, -0.05) is 28.1 Å². The molecule has 0 fully saturated rings. The summed E-state index contributed by atoms with van der Waals surface area (Å²) in [6.45, 7) is 1.43. The fourth-order valence-electron chi connectivity index (χ4n) is 3.06. The van der Waals surface area contributed by atoms with E-state index in [-0.39, 0.29) is 17.6 Å². The number of para-hydroxylation sites is 2. The van der Waals surface area contributed by atoms with Gasteiger partial charge >= 0.3 is 6.18 Å². The largest absolute Gasteiger partial charge is 0.496 e. The summed E-state index contributed by atoms with van der Waals surface area (Å²) in [4.78, 5) is 28.8. The fraction of sp³-hybridized carbons (Fsp3) is 0.250. The van der Waals surface area contributed by atoms with E-state index in [0.717, 1.165) is 9.04 Å². The van der Waals surface area contributed by atoms with Crippen LogP contribution in [0.25, 0.3) is 11.0 Å². The summed E-state index contributed by atoms with van der Waals surface area (Å²) in [6, 6.07) is 9.91. The van der Waals surface area contributed by atoms with E-state index >= 15 is 0 Å². The highest BCUT2D eigenvalue weighted by Crippen LogP contribution is 2.27. The van der Waals surface area contributed by atoms with Crippen LogP contribution < -0.4 is 15.6 Å². The van der Waals surface area contributed by atoms with Gasteiger partial charge in [0.2, 0.25) is 11.6 Å². The number of amides is 1. The summed E-state index contributed by atoms with van der Waals surface area (Å²) in [5, 5.41) is 2.65. The zero-order valence-corrected chi connectivity index (χ0v) is 17.5. The molecule has 0 aliphatic carbocycles. The number of fused-ring (bicyclic) bond motifs is 1. The first-order valence-corrected chi connectivity index (χ1v) is 9.61. The zero-order valence-electron chi connectivity index (χ0n) is 16.0. The van der Waals surface area contributed by atoms with Crippen LogP contribution in [0.1, 0.15) is 24.2 Å². The average Bonchev–Trinajstić information content (AvgIpc) is 2.70. The van der Waals surface area contributed by atoms with Crippen LogP contribution in [0, 0.1) is 0 Å². The first kappa shape index (κ1) is 21.8. The van der Waals surface area contributed by atoms with Crippen LogP contribution in [-0.4, -0.2) is 22.6 Å². The summed E-state index contributed by atoms with van der Waals surface area (Å²) in [7, 11) is 1.48. The molecular weight excluding hydrogens is 467 g/mol. The van der Waals surface area contributed by atoms with Crippen LogP contribution in [-0.2, 0) is 17.5 Å². The van der Waals surface area contributed by atoms with Gasteiger partial charge in [-0.2, -0.15) is 13.2 Å². The Hall–Kier alpha value is -2.88. The van der Waals surface area contributed by atoms with Crippen molar-refractivity contribution in [1.82, 2.24) is 14.9 Å². The van der Waals surface area contributed by atoms with E-state index < -0.39 is 29.4 Å². The number of carbonyl (C=O) groups is 1. The molecule has 158 valence electrons. The van der Waals surface area contributed by atoms with Crippen LogP contribution in [0.2, 0.25) is 0 Å². The summed E-state index contributed by atoms with van der Waals surface area (Å²) >= 11 is 3.33. The number of alkyl halides is 3. The van der Waals surface area contributed by atoms with Gasteiger partial charge in [0.05, 0.1) is 18.1 Å². The molecule has 0 saturated carbocycles. The van der Waals surface area contributed by atoms with E-state index in [1.54, 1.807) is 24.3 Å². The number of hydrogen-bond donors (Lipinski definition) is 1. The number of rotatable bonds is 5. The van der Waals surface area contributed by atoms with Gasteiger partial charge in [-0.3, -0.25) is 14.2 Å². The molecule has 3 rings (SSSR count). The lowest BCUT2D eigenvalue weighted by molar-refractivity contribution is -0.142. The van der Waals surface area contributed by atoms with Crippen LogP contribution >= 0.6 is 15.9 Å². The van der Waals surface area contributed by atoms with E-state index in [1.165, 1.54) is 32.2 Å². The van der Waals surface area contributed by atoms with Crippen molar-refractivity contribution < 1.29 is 22.7 Å². The molecule has 1 N–H and O–H groups in total. The summed E-state index contributed by atoms with van der Waals surface area (Å²) in [5.41, 5.74) is -2.16. The first-order chi connectivity index (χ1) is 14.1. The third-order valence-corrected chi connectivity index (χ3v) is 5.02. The highest BCUT2D eigenvalue weighted by Gasteiger charge is 2.38. The molecule has 2 aromatic carbocycles. The van der Waals surface area contributed by atoms with Gasteiger partial charge in [0.15, 0.2) is 0 Å². The Labute approximate surface area is 177 Å². The molecule has 0 aliphatic rings. The molecule has 30 heavy (non-hydrogen) atoms. The third kappa shape index (κ3) is 4.33. The molecule has 1 atom stereocenters. The second kappa shape index (κ2) is 8.47. The Kier molecular flexibility index (Phi) is 6.16. The van der Waals surface area contributed by atoms with Gasteiger partial charge in [-0.25, -0.2) is 4.98 Å². The molecule has 0 bridgehead atoms. The number of aromatic nitrogens is 2. The quantitative estimate of drug-likeness (QED) is 0.593. The lowest BCUT2D eigenvalue weighted by Crippen LogP contribution is -2.39. The van der Waals surface area contributed by atoms with Crippen LogP contribution in [0.15, 0.2) is 51.7 Å². The van der Waals surface area contributed by atoms with Gasteiger partial charge in [0, 0.05) is 16.6 Å². The summed E-state index contributed by atoms with van der Waals surface area (Å²) in [5.74, 6) is -0.0827. The smallest absolute Gasteiger partial charge is 0.438 e. The van der Waals surface area contributed by atoms with Gasteiger partial charge in [-0.05, 0) is 37.3 Å². The maximum atomic E-state index is 13.3. The monoisotopic (exact) mass is 483 g/mol.